The SMILES string of the molecule is CS(=O)(=O)N1CCc2nc(NC(=O)c3ccccc3Cl)sc2C1. The van der Waals surface area contributed by atoms with Gasteiger partial charge in [-0.3, -0.25) is 10.1 Å². The summed E-state index contributed by atoms with van der Waals surface area (Å²) in [6, 6.07) is 6.77. The molecule has 0 saturated carbocycles. The quantitative estimate of drug-likeness (QED) is 0.898. The monoisotopic (exact) mass is 371 g/mol. The highest BCUT2D eigenvalue weighted by Crippen LogP contribution is 2.29. The molecule has 1 amide bonds. The lowest BCUT2D eigenvalue weighted by atomic mass is 10.2. The summed E-state index contributed by atoms with van der Waals surface area (Å²) in [6.07, 6.45) is 1.74. The first-order chi connectivity index (χ1) is 10.8. The van der Waals surface area contributed by atoms with Crippen LogP contribution in [0.15, 0.2) is 24.3 Å². The van der Waals surface area contributed by atoms with Gasteiger partial charge in [-0.2, -0.15) is 4.31 Å². The van der Waals surface area contributed by atoms with Gasteiger partial charge in [-0.15, -0.1) is 11.3 Å². The molecule has 0 spiro atoms. The molecule has 1 N–H and O–H groups in total. The summed E-state index contributed by atoms with van der Waals surface area (Å²) in [5.74, 6) is -0.332. The van der Waals surface area contributed by atoms with E-state index in [2.05, 4.69) is 10.3 Å². The number of fused-ring (bicyclic) bond motifs is 1. The Kier molecular flexibility index (Phi) is 4.41. The highest BCUT2D eigenvalue weighted by Gasteiger charge is 2.26. The van der Waals surface area contributed by atoms with E-state index in [4.69, 9.17) is 11.6 Å². The van der Waals surface area contributed by atoms with Crippen molar-refractivity contribution >= 4 is 44.0 Å². The van der Waals surface area contributed by atoms with Crippen LogP contribution in [0.25, 0.3) is 0 Å². The van der Waals surface area contributed by atoms with Gasteiger partial charge in [0.05, 0.1) is 22.5 Å². The number of rotatable bonds is 3. The van der Waals surface area contributed by atoms with Crippen LogP contribution in [-0.2, 0) is 23.0 Å². The maximum absolute atomic E-state index is 12.2. The molecular formula is C14H14ClN3O3S2. The van der Waals surface area contributed by atoms with E-state index < -0.39 is 10.0 Å². The van der Waals surface area contributed by atoms with Gasteiger partial charge in [0, 0.05) is 24.4 Å². The predicted molar refractivity (Wildman–Crippen MR) is 90.5 cm³/mol. The third kappa shape index (κ3) is 3.55. The van der Waals surface area contributed by atoms with E-state index in [1.54, 1.807) is 24.3 Å². The van der Waals surface area contributed by atoms with Crippen LogP contribution in [0.1, 0.15) is 20.9 Å². The third-order valence-electron chi connectivity index (χ3n) is 3.50. The van der Waals surface area contributed by atoms with Crippen LogP contribution >= 0.6 is 22.9 Å². The lowest BCUT2D eigenvalue weighted by Gasteiger charge is -2.23. The Morgan fingerprint density at radius 2 is 2.13 bits per heavy atom. The molecular weight excluding hydrogens is 358 g/mol. The second-order valence-corrected chi connectivity index (χ2v) is 8.64. The number of thiazole rings is 1. The van der Waals surface area contributed by atoms with E-state index in [-0.39, 0.29) is 5.91 Å². The first kappa shape index (κ1) is 16.4. The largest absolute Gasteiger partial charge is 0.298 e. The van der Waals surface area contributed by atoms with Gasteiger partial charge >= 0.3 is 0 Å². The first-order valence-corrected chi connectivity index (χ1v) is 9.88. The number of carbonyl (C=O) groups is 1. The second kappa shape index (κ2) is 6.20. The van der Waals surface area contributed by atoms with E-state index in [1.165, 1.54) is 21.9 Å². The topological polar surface area (TPSA) is 79.4 Å². The standard InChI is InChI=1S/C14H14ClN3O3S2/c1-23(20,21)18-7-6-11-12(8-18)22-14(16-11)17-13(19)9-4-2-3-5-10(9)15/h2-5H,6-8H2,1H3,(H,16,17,19). The van der Waals surface area contributed by atoms with Crippen LogP contribution in [-0.4, -0.2) is 36.4 Å². The number of benzene rings is 1. The molecule has 6 nitrogen and oxygen atoms in total. The number of sulfonamides is 1. The summed E-state index contributed by atoms with van der Waals surface area (Å²) in [5, 5.41) is 3.55. The zero-order chi connectivity index (χ0) is 16.6. The molecule has 1 aromatic carbocycles. The van der Waals surface area contributed by atoms with Crippen LogP contribution in [0.2, 0.25) is 5.02 Å². The molecule has 1 aliphatic heterocycles. The van der Waals surface area contributed by atoms with E-state index in [0.717, 1.165) is 10.6 Å². The lowest BCUT2D eigenvalue weighted by molar-refractivity contribution is 0.102. The van der Waals surface area contributed by atoms with Crippen molar-refractivity contribution < 1.29 is 13.2 Å². The van der Waals surface area contributed by atoms with Gasteiger partial charge in [-0.1, -0.05) is 23.7 Å². The Morgan fingerprint density at radius 3 is 2.83 bits per heavy atom. The van der Waals surface area contributed by atoms with E-state index in [0.29, 0.717) is 35.2 Å². The highest BCUT2D eigenvalue weighted by atomic mass is 35.5. The molecule has 1 aliphatic rings. The van der Waals surface area contributed by atoms with Crippen molar-refractivity contribution in [2.75, 3.05) is 18.1 Å². The molecule has 1 aromatic heterocycles. The van der Waals surface area contributed by atoms with Gasteiger partial charge in [0.15, 0.2) is 5.13 Å². The van der Waals surface area contributed by atoms with E-state index in [1.807, 2.05) is 0 Å². The van der Waals surface area contributed by atoms with Crippen LogP contribution in [0.5, 0.6) is 0 Å². The number of carbonyl (C=O) groups excluding carboxylic acids is 1. The first-order valence-electron chi connectivity index (χ1n) is 6.84. The summed E-state index contributed by atoms with van der Waals surface area (Å²) in [6.45, 7) is 0.710. The number of hydrogen-bond donors (Lipinski definition) is 1. The number of aromatic nitrogens is 1. The number of amides is 1. The summed E-state index contributed by atoms with van der Waals surface area (Å²) in [7, 11) is -3.22. The third-order valence-corrected chi connectivity index (χ3v) is 6.08. The van der Waals surface area contributed by atoms with Crippen molar-refractivity contribution in [2.24, 2.45) is 0 Å². The molecule has 0 atom stereocenters. The van der Waals surface area contributed by atoms with E-state index >= 15 is 0 Å². The van der Waals surface area contributed by atoms with Crippen molar-refractivity contribution in [3.05, 3.63) is 45.4 Å². The summed E-state index contributed by atoms with van der Waals surface area (Å²) in [5.41, 5.74) is 1.21. The number of nitrogens with zero attached hydrogens (tertiary/aromatic N) is 2. The second-order valence-electron chi connectivity index (χ2n) is 5.17. The fraction of sp³-hybridized carbons (Fsp3) is 0.286. The Balaban J connectivity index is 1.78. The van der Waals surface area contributed by atoms with Gasteiger partial charge in [0.1, 0.15) is 0 Å². The van der Waals surface area contributed by atoms with Crippen LogP contribution < -0.4 is 5.32 Å². The van der Waals surface area contributed by atoms with E-state index in [9.17, 15) is 13.2 Å². The van der Waals surface area contributed by atoms with Crippen molar-refractivity contribution in [1.29, 1.82) is 0 Å². The molecule has 9 heteroatoms. The number of halogens is 1. The molecule has 0 fully saturated rings. The minimum absolute atomic E-state index is 0.299. The van der Waals surface area contributed by atoms with Gasteiger partial charge < -0.3 is 0 Å². The zero-order valence-electron chi connectivity index (χ0n) is 12.2. The van der Waals surface area contributed by atoms with Crippen molar-refractivity contribution in [1.82, 2.24) is 9.29 Å². The maximum Gasteiger partial charge on any atom is 0.258 e. The minimum Gasteiger partial charge on any atom is -0.298 e. The van der Waals surface area contributed by atoms with Crippen LogP contribution in [0.3, 0.4) is 0 Å². The number of hydrogen-bond acceptors (Lipinski definition) is 5. The normalized spacial score (nSPS) is 15.2. The molecule has 122 valence electrons. The Hall–Kier alpha value is -1.48. The number of nitrogens with one attached hydrogen (secondary N) is 1. The Bertz CT molecular complexity index is 864. The molecule has 0 radical (unpaired) electrons. The molecule has 0 saturated heterocycles. The molecule has 2 heterocycles. The fourth-order valence-electron chi connectivity index (χ4n) is 2.32. The maximum atomic E-state index is 12.2. The molecule has 2 aromatic rings. The summed E-state index contributed by atoms with van der Waals surface area (Å²) in [4.78, 5) is 17.5. The lowest BCUT2D eigenvalue weighted by Crippen LogP contribution is -2.34. The molecule has 0 unspecified atom stereocenters. The van der Waals surface area contributed by atoms with Gasteiger partial charge in [-0.05, 0) is 12.1 Å². The summed E-state index contributed by atoms with van der Waals surface area (Å²) >= 11 is 7.30. The molecule has 0 bridgehead atoms. The van der Waals surface area contributed by atoms with Crippen molar-refractivity contribution in [3.8, 4) is 0 Å². The Morgan fingerprint density at radius 1 is 1.39 bits per heavy atom. The fourth-order valence-corrected chi connectivity index (χ4v) is 4.43. The molecule has 0 aliphatic carbocycles. The van der Waals surface area contributed by atoms with Crippen LogP contribution in [0, 0.1) is 0 Å². The highest BCUT2D eigenvalue weighted by molar-refractivity contribution is 7.88. The predicted octanol–water partition coefficient (Wildman–Crippen LogP) is 2.37. The summed E-state index contributed by atoms with van der Waals surface area (Å²) < 4.78 is 24.7. The van der Waals surface area contributed by atoms with Gasteiger partial charge in [-0.25, -0.2) is 13.4 Å². The van der Waals surface area contributed by atoms with Crippen molar-refractivity contribution in [3.63, 3.8) is 0 Å². The number of anilines is 1. The average molecular weight is 372 g/mol. The molecule has 3 rings (SSSR count). The average Bonchev–Trinajstić information content (AvgIpc) is 2.87. The Labute approximate surface area is 143 Å². The van der Waals surface area contributed by atoms with Crippen LogP contribution in [0.4, 0.5) is 5.13 Å². The smallest absolute Gasteiger partial charge is 0.258 e. The molecule has 23 heavy (non-hydrogen) atoms. The van der Waals surface area contributed by atoms with Gasteiger partial charge in [0.2, 0.25) is 10.0 Å². The minimum atomic E-state index is -3.22. The van der Waals surface area contributed by atoms with Crippen molar-refractivity contribution in [2.45, 2.75) is 13.0 Å². The van der Waals surface area contributed by atoms with Gasteiger partial charge in [0.25, 0.3) is 5.91 Å². The zero-order valence-corrected chi connectivity index (χ0v) is 14.6.